The van der Waals surface area contributed by atoms with Gasteiger partial charge in [-0.1, -0.05) is 6.07 Å². The quantitative estimate of drug-likeness (QED) is 0.708. The van der Waals surface area contributed by atoms with Gasteiger partial charge in [0.1, 0.15) is 6.04 Å². The van der Waals surface area contributed by atoms with Crippen molar-refractivity contribution in [2.45, 2.75) is 17.9 Å². The van der Waals surface area contributed by atoms with Gasteiger partial charge in [-0.25, -0.2) is 4.79 Å². The summed E-state index contributed by atoms with van der Waals surface area (Å²) >= 11 is 1.61. The summed E-state index contributed by atoms with van der Waals surface area (Å²) in [5.41, 5.74) is 5.69. The van der Waals surface area contributed by atoms with Crippen molar-refractivity contribution in [3.63, 3.8) is 0 Å². The van der Waals surface area contributed by atoms with Crippen molar-refractivity contribution in [2.75, 3.05) is 11.6 Å². The van der Waals surface area contributed by atoms with E-state index in [0.29, 0.717) is 0 Å². The van der Waals surface area contributed by atoms with Crippen molar-refractivity contribution >= 4 is 29.4 Å². The van der Waals surface area contributed by atoms with Crippen LogP contribution in [0.15, 0.2) is 29.2 Å². The third-order valence-corrected chi connectivity index (χ3v) is 2.82. The monoisotopic (exact) mass is 253 g/mol. The second-order valence-electron chi connectivity index (χ2n) is 3.45. The summed E-state index contributed by atoms with van der Waals surface area (Å²) in [6.45, 7) is 1.66. The number of thioether (sulfide) groups is 1. The minimum absolute atomic E-state index is 0.452. The molecular weight excluding hydrogens is 238 g/mol. The Morgan fingerprint density at radius 1 is 1.41 bits per heavy atom. The van der Waals surface area contributed by atoms with E-state index in [2.05, 4.69) is 5.32 Å². The molecule has 0 aromatic heterocycles. The predicted octanol–water partition coefficient (Wildman–Crippen LogP) is 1.40. The Morgan fingerprint density at radius 3 is 2.71 bits per heavy atom. The molecule has 0 radical (unpaired) electrons. The number of anilines is 1. The number of hydrogen-bond donors (Lipinski definition) is 3. The lowest BCUT2D eigenvalue weighted by molar-refractivity contribution is -0.120. The first-order valence-electron chi connectivity index (χ1n) is 5.04. The number of hydrogen-bond acceptors (Lipinski definition) is 4. The first-order chi connectivity index (χ1) is 8.02. The Hall–Kier alpha value is -1.69. The minimum Gasteiger partial charge on any atom is -0.374 e. The highest BCUT2D eigenvalue weighted by Gasteiger charge is 2.13. The molecule has 1 aromatic carbocycles. The molecule has 17 heavy (non-hydrogen) atoms. The van der Waals surface area contributed by atoms with E-state index >= 15 is 0 Å². The van der Waals surface area contributed by atoms with Gasteiger partial charge in [-0.15, -0.1) is 11.8 Å². The number of carbonyl (C=O) groups is 2. The van der Waals surface area contributed by atoms with Crippen LogP contribution >= 0.6 is 11.8 Å². The van der Waals surface area contributed by atoms with Crippen LogP contribution < -0.4 is 16.4 Å². The van der Waals surface area contributed by atoms with Crippen LogP contribution in [0.5, 0.6) is 0 Å². The van der Waals surface area contributed by atoms with Gasteiger partial charge < -0.3 is 11.1 Å². The first kappa shape index (κ1) is 13.4. The number of nitrogens with two attached hydrogens (primary N) is 1. The second kappa shape index (κ2) is 6.15. The Kier molecular flexibility index (Phi) is 4.84. The van der Waals surface area contributed by atoms with Crippen LogP contribution in [-0.4, -0.2) is 24.2 Å². The summed E-state index contributed by atoms with van der Waals surface area (Å²) in [7, 11) is 0. The standard InChI is InChI=1S/C11H15N3O2S/c1-7(10(15)14-11(12)16)13-8-4-3-5-9(6-8)17-2/h3-7,13H,1-2H3,(H3,12,14,15,16). The maximum absolute atomic E-state index is 11.4. The van der Waals surface area contributed by atoms with Gasteiger partial charge in [0, 0.05) is 10.6 Å². The second-order valence-corrected chi connectivity index (χ2v) is 4.33. The number of nitrogens with one attached hydrogen (secondary N) is 2. The predicted molar refractivity (Wildman–Crippen MR) is 69.0 cm³/mol. The van der Waals surface area contributed by atoms with Gasteiger partial charge in [-0.3, -0.25) is 10.1 Å². The maximum Gasteiger partial charge on any atom is 0.318 e. The summed E-state index contributed by atoms with van der Waals surface area (Å²) in [6.07, 6.45) is 1.97. The van der Waals surface area contributed by atoms with Gasteiger partial charge in [-0.2, -0.15) is 0 Å². The number of imide groups is 1. The normalized spacial score (nSPS) is 11.6. The largest absolute Gasteiger partial charge is 0.374 e. The van der Waals surface area contributed by atoms with E-state index in [1.165, 1.54) is 0 Å². The van der Waals surface area contributed by atoms with Crippen molar-refractivity contribution in [3.05, 3.63) is 24.3 Å². The Balaban J connectivity index is 2.63. The van der Waals surface area contributed by atoms with Crippen LogP contribution in [-0.2, 0) is 4.79 Å². The molecule has 1 aromatic rings. The molecule has 0 heterocycles. The van der Waals surface area contributed by atoms with Gasteiger partial charge in [-0.05, 0) is 31.4 Å². The number of rotatable bonds is 4. The number of carbonyl (C=O) groups excluding carboxylic acids is 2. The number of benzene rings is 1. The molecule has 1 unspecified atom stereocenters. The Labute approximate surface area is 104 Å². The zero-order valence-corrected chi connectivity index (χ0v) is 10.5. The smallest absolute Gasteiger partial charge is 0.318 e. The third kappa shape index (κ3) is 4.36. The zero-order valence-electron chi connectivity index (χ0n) is 9.69. The lowest BCUT2D eigenvalue weighted by Gasteiger charge is -2.14. The Morgan fingerprint density at radius 2 is 2.12 bits per heavy atom. The molecule has 0 bridgehead atoms. The highest BCUT2D eigenvalue weighted by Crippen LogP contribution is 2.19. The summed E-state index contributed by atoms with van der Waals surface area (Å²) in [5, 5.41) is 5.01. The van der Waals surface area contributed by atoms with Gasteiger partial charge in [0.2, 0.25) is 5.91 Å². The fraction of sp³-hybridized carbons (Fsp3) is 0.273. The van der Waals surface area contributed by atoms with Crippen LogP contribution in [0.2, 0.25) is 0 Å². The summed E-state index contributed by atoms with van der Waals surface area (Å²) < 4.78 is 0. The van der Waals surface area contributed by atoms with Crippen LogP contribution in [0.4, 0.5) is 10.5 Å². The molecule has 3 amide bonds. The molecule has 0 aliphatic carbocycles. The van der Waals surface area contributed by atoms with Crippen molar-refractivity contribution in [1.82, 2.24) is 5.32 Å². The molecule has 5 nitrogen and oxygen atoms in total. The van der Waals surface area contributed by atoms with Gasteiger partial charge in [0.25, 0.3) is 0 Å². The van der Waals surface area contributed by atoms with Gasteiger partial charge >= 0.3 is 6.03 Å². The zero-order chi connectivity index (χ0) is 12.8. The first-order valence-corrected chi connectivity index (χ1v) is 6.26. The number of primary amides is 1. The molecule has 0 aliphatic rings. The Bertz CT molecular complexity index is 423. The van der Waals surface area contributed by atoms with E-state index in [0.717, 1.165) is 10.6 Å². The molecule has 0 saturated heterocycles. The average Bonchev–Trinajstić information content (AvgIpc) is 2.28. The lowest BCUT2D eigenvalue weighted by atomic mass is 10.2. The van der Waals surface area contributed by atoms with E-state index < -0.39 is 18.0 Å². The molecule has 92 valence electrons. The van der Waals surface area contributed by atoms with Crippen LogP contribution in [0.25, 0.3) is 0 Å². The molecule has 4 N–H and O–H groups in total. The van der Waals surface area contributed by atoms with Crippen molar-refractivity contribution in [1.29, 1.82) is 0 Å². The van der Waals surface area contributed by atoms with Crippen LogP contribution in [0, 0.1) is 0 Å². The SMILES string of the molecule is CSc1cccc(NC(C)C(=O)NC(N)=O)c1. The maximum atomic E-state index is 11.4. The van der Waals surface area contributed by atoms with E-state index in [-0.39, 0.29) is 0 Å². The van der Waals surface area contributed by atoms with E-state index in [1.807, 2.05) is 35.8 Å². The third-order valence-electron chi connectivity index (χ3n) is 2.09. The topological polar surface area (TPSA) is 84.2 Å². The molecule has 0 saturated carbocycles. The highest BCUT2D eigenvalue weighted by atomic mass is 32.2. The van der Waals surface area contributed by atoms with Crippen LogP contribution in [0.3, 0.4) is 0 Å². The van der Waals surface area contributed by atoms with E-state index in [1.54, 1.807) is 18.7 Å². The van der Waals surface area contributed by atoms with E-state index in [9.17, 15) is 9.59 Å². The highest BCUT2D eigenvalue weighted by molar-refractivity contribution is 7.98. The van der Waals surface area contributed by atoms with E-state index in [4.69, 9.17) is 5.73 Å². The molecule has 0 fully saturated rings. The van der Waals surface area contributed by atoms with Gasteiger partial charge in [0.05, 0.1) is 0 Å². The van der Waals surface area contributed by atoms with Crippen molar-refractivity contribution < 1.29 is 9.59 Å². The summed E-state index contributed by atoms with van der Waals surface area (Å²) in [5.74, 6) is -0.452. The summed E-state index contributed by atoms with van der Waals surface area (Å²) in [4.78, 5) is 23.1. The average molecular weight is 253 g/mol. The van der Waals surface area contributed by atoms with Crippen molar-refractivity contribution in [3.8, 4) is 0 Å². The molecule has 6 heteroatoms. The van der Waals surface area contributed by atoms with Crippen molar-refractivity contribution in [2.24, 2.45) is 5.73 Å². The molecule has 0 aliphatic heterocycles. The number of urea groups is 1. The molecule has 1 rings (SSSR count). The number of amides is 3. The van der Waals surface area contributed by atoms with Gasteiger partial charge in [0.15, 0.2) is 0 Å². The van der Waals surface area contributed by atoms with Crippen LogP contribution in [0.1, 0.15) is 6.92 Å². The fourth-order valence-electron chi connectivity index (χ4n) is 1.26. The lowest BCUT2D eigenvalue weighted by Crippen LogP contribution is -2.43. The summed E-state index contributed by atoms with van der Waals surface area (Å²) in [6, 6.07) is 6.28. The molecular formula is C11H15N3O2S. The molecule has 0 spiro atoms. The minimum atomic E-state index is -0.846. The fourth-order valence-corrected chi connectivity index (χ4v) is 1.72. The molecule has 1 atom stereocenters.